The second kappa shape index (κ2) is 6.04. The van der Waals surface area contributed by atoms with Crippen LogP contribution >= 0.6 is 11.3 Å². The predicted octanol–water partition coefficient (Wildman–Crippen LogP) is 1.80. The molecule has 0 saturated carbocycles. The number of sulfonamides is 1. The number of thiazole rings is 1. The first-order valence-corrected chi connectivity index (χ1v) is 8.40. The summed E-state index contributed by atoms with van der Waals surface area (Å²) in [5, 5.41) is 4.17. The Morgan fingerprint density at radius 3 is 2.80 bits per heavy atom. The van der Waals surface area contributed by atoms with E-state index in [2.05, 4.69) is 15.0 Å². The van der Waals surface area contributed by atoms with Crippen molar-refractivity contribution in [2.45, 2.75) is 31.5 Å². The average molecular weight is 315 g/mol. The number of hydrogen-bond donors (Lipinski definition) is 2. The van der Waals surface area contributed by atoms with E-state index in [9.17, 15) is 8.42 Å². The van der Waals surface area contributed by atoms with Gasteiger partial charge in [0.1, 0.15) is 10.8 Å². The maximum atomic E-state index is 11.5. The van der Waals surface area contributed by atoms with E-state index in [1.54, 1.807) is 17.4 Å². The number of aromatic nitrogens is 1. The fourth-order valence-electron chi connectivity index (χ4n) is 1.61. The van der Waals surface area contributed by atoms with Gasteiger partial charge in [-0.15, -0.1) is 11.3 Å². The number of nitrogens with one attached hydrogen (secondary N) is 2. The summed E-state index contributed by atoms with van der Waals surface area (Å²) in [5.74, 6) is 0.568. The molecule has 1 unspecified atom stereocenters. The zero-order valence-corrected chi connectivity index (χ0v) is 13.1. The molecule has 0 aliphatic rings. The highest BCUT2D eigenvalue weighted by Crippen LogP contribution is 2.20. The maximum absolute atomic E-state index is 11.5. The third-order valence-electron chi connectivity index (χ3n) is 2.76. The van der Waals surface area contributed by atoms with Gasteiger partial charge in [0.15, 0.2) is 0 Å². The van der Waals surface area contributed by atoms with Crippen molar-refractivity contribution in [2.75, 3.05) is 7.05 Å². The van der Waals surface area contributed by atoms with Crippen molar-refractivity contribution in [3.8, 4) is 0 Å². The Balaban J connectivity index is 1.98. The van der Waals surface area contributed by atoms with Crippen LogP contribution in [0.5, 0.6) is 0 Å². The van der Waals surface area contributed by atoms with Gasteiger partial charge in [-0.25, -0.2) is 18.1 Å². The summed E-state index contributed by atoms with van der Waals surface area (Å²) in [6, 6.07) is 3.18. The van der Waals surface area contributed by atoms with Crippen LogP contribution in [0.25, 0.3) is 0 Å². The first-order chi connectivity index (χ1) is 9.42. The van der Waals surface area contributed by atoms with Crippen LogP contribution in [0.15, 0.2) is 27.8 Å². The maximum Gasteiger partial charge on any atom is 0.273 e. The highest BCUT2D eigenvalue weighted by Gasteiger charge is 2.17. The lowest BCUT2D eigenvalue weighted by molar-refractivity contribution is 0.392. The Bertz CT molecular complexity index is 676. The standard InChI is InChI=1S/C12H17N3O3S2/c1-8-6-15-12(19-8)9(2)14-7-10-4-5-11(18-10)20(16,17)13-3/h4-6,9,13-14H,7H2,1-3H3. The van der Waals surface area contributed by atoms with E-state index in [4.69, 9.17) is 4.42 Å². The van der Waals surface area contributed by atoms with Gasteiger partial charge in [-0.1, -0.05) is 0 Å². The van der Waals surface area contributed by atoms with Crippen LogP contribution in [-0.4, -0.2) is 20.4 Å². The Morgan fingerprint density at radius 1 is 1.45 bits per heavy atom. The summed E-state index contributed by atoms with van der Waals surface area (Å²) in [4.78, 5) is 5.47. The zero-order valence-electron chi connectivity index (χ0n) is 11.5. The molecule has 2 rings (SSSR count). The molecule has 2 aromatic rings. The van der Waals surface area contributed by atoms with Crippen LogP contribution in [0.3, 0.4) is 0 Å². The van der Waals surface area contributed by atoms with Gasteiger partial charge in [0.05, 0.1) is 12.6 Å². The minimum Gasteiger partial charge on any atom is -0.447 e. The van der Waals surface area contributed by atoms with Crippen LogP contribution in [0, 0.1) is 6.92 Å². The van der Waals surface area contributed by atoms with Gasteiger partial charge in [0, 0.05) is 11.1 Å². The molecular weight excluding hydrogens is 298 g/mol. The molecule has 0 aromatic carbocycles. The van der Waals surface area contributed by atoms with Crippen molar-refractivity contribution in [2.24, 2.45) is 0 Å². The molecule has 110 valence electrons. The van der Waals surface area contributed by atoms with E-state index < -0.39 is 10.0 Å². The van der Waals surface area contributed by atoms with Crippen molar-refractivity contribution in [1.82, 2.24) is 15.0 Å². The van der Waals surface area contributed by atoms with Gasteiger partial charge < -0.3 is 9.73 Å². The minimum atomic E-state index is -3.52. The number of rotatable bonds is 6. The predicted molar refractivity (Wildman–Crippen MR) is 77.1 cm³/mol. The fraction of sp³-hybridized carbons (Fsp3) is 0.417. The van der Waals surface area contributed by atoms with E-state index >= 15 is 0 Å². The molecule has 0 radical (unpaired) electrons. The lowest BCUT2D eigenvalue weighted by Crippen LogP contribution is -2.18. The average Bonchev–Trinajstić information content (AvgIpc) is 3.05. The van der Waals surface area contributed by atoms with Crippen molar-refractivity contribution < 1.29 is 12.8 Å². The second-order valence-electron chi connectivity index (χ2n) is 4.34. The summed E-state index contributed by atoms with van der Waals surface area (Å²) in [7, 11) is -2.17. The smallest absolute Gasteiger partial charge is 0.273 e. The van der Waals surface area contributed by atoms with E-state index in [0.29, 0.717) is 12.3 Å². The van der Waals surface area contributed by atoms with E-state index in [-0.39, 0.29) is 11.1 Å². The summed E-state index contributed by atoms with van der Waals surface area (Å²) in [6.45, 7) is 4.46. The molecule has 8 heteroatoms. The number of furan rings is 1. The van der Waals surface area contributed by atoms with Gasteiger partial charge in [-0.2, -0.15) is 0 Å². The van der Waals surface area contributed by atoms with Crippen LogP contribution in [0.1, 0.15) is 28.6 Å². The molecule has 20 heavy (non-hydrogen) atoms. The topological polar surface area (TPSA) is 84.2 Å². The largest absolute Gasteiger partial charge is 0.447 e. The van der Waals surface area contributed by atoms with Gasteiger partial charge >= 0.3 is 0 Å². The first-order valence-electron chi connectivity index (χ1n) is 6.10. The molecule has 0 saturated heterocycles. The number of nitrogens with zero attached hydrogens (tertiary/aromatic N) is 1. The molecule has 0 spiro atoms. The molecule has 0 aliphatic heterocycles. The van der Waals surface area contributed by atoms with Crippen molar-refractivity contribution in [3.63, 3.8) is 0 Å². The van der Waals surface area contributed by atoms with E-state index in [1.807, 2.05) is 20.0 Å². The molecule has 0 amide bonds. The molecule has 0 bridgehead atoms. The third kappa shape index (κ3) is 3.45. The van der Waals surface area contributed by atoms with Crippen molar-refractivity contribution >= 4 is 21.4 Å². The van der Waals surface area contributed by atoms with Crippen molar-refractivity contribution in [1.29, 1.82) is 0 Å². The quantitative estimate of drug-likeness (QED) is 0.849. The highest BCUT2D eigenvalue weighted by molar-refractivity contribution is 7.89. The molecule has 2 N–H and O–H groups in total. The number of hydrogen-bond acceptors (Lipinski definition) is 6. The number of aryl methyl sites for hydroxylation is 1. The Kier molecular flexibility index (Phi) is 4.59. The monoisotopic (exact) mass is 315 g/mol. The lowest BCUT2D eigenvalue weighted by atomic mass is 10.3. The van der Waals surface area contributed by atoms with Crippen LogP contribution < -0.4 is 10.0 Å². The molecule has 6 nitrogen and oxygen atoms in total. The highest BCUT2D eigenvalue weighted by atomic mass is 32.2. The first kappa shape index (κ1) is 15.2. The lowest BCUT2D eigenvalue weighted by Gasteiger charge is -2.09. The van der Waals surface area contributed by atoms with Gasteiger partial charge in [0.25, 0.3) is 10.0 Å². The summed E-state index contributed by atoms with van der Waals surface area (Å²) in [5.41, 5.74) is 0. The fourth-order valence-corrected chi connectivity index (χ4v) is 3.08. The minimum absolute atomic E-state index is 0.0745. The van der Waals surface area contributed by atoms with Gasteiger partial charge in [-0.05, 0) is 33.0 Å². The molecular formula is C12H17N3O3S2. The second-order valence-corrected chi connectivity index (χ2v) is 7.42. The normalized spacial score (nSPS) is 13.6. The van der Waals surface area contributed by atoms with E-state index in [0.717, 1.165) is 9.88 Å². The van der Waals surface area contributed by atoms with Crippen molar-refractivity contribution in [3.05, 3.63) is 34.0 Å². The van der Waals surface area contributed by atoms with Gasteiger partial charge in [-0.3, -0.25) is 0 Å². The Morgan fingerprint density at radius 2 is 2.20 bits per heavy atom. The third-order valence-corrected chi connectivity index (χ3v) is 5.14. The summed E-state index contributed by atoms with van der Waals surface area (Å²) < 4.78 is 30.6. The zero-order chi connectivity index (χ0) is 14.8. The van der Waals surface area contributed by atoms with Crippen LogP contribution in [-0.2, 0) is 16.6 Å². The SMILES string of the molecule is CNS(=O)(=O)c1ccc(CNC(C)c2ncc(C)s2)o1. The molecule has 0 aliphatic carbocycles. The molecule has 1 atom stereocenters. The summed E-state index contributed by atoms with van der Waals surface area (Å²) >= 11 is 1.63. The Labute approximate surface area is 122 Å². The molecule has 0 fully saturated rings. The van der Waals surface area contributed by atoms with E-state index in [1.165, 1.54) is 13.1 Å². The van der Waals surface area contributed by atoms with Gasteiger partial charge in [0.2, 0.25) is 5.09 Å². The Hall–Kier alpha value is -1.22. The van der Waals surface area contributed by atoms with Crippen LogP contribution in [0.4, 0.5) is 0 Å². The summed E-state index contributed by atoms with van der Waals surface area (Å²) in [6.07, 6.45) is 1.84. The van der Waals surface area contributed by atoms with Crippen LogP contribution in [0.2, 0.25) is 0 Å². The molecule has 2 aromatic heterocycles. The molecule has 2 heterocycles.